The molecule has 4 nitrogen and oxygen atoms in total. The van der Waals surface area contributed by atoms with Gasteiger partial charge in [-0.1, -0.05) is 19.3 Å². The molecule has 3 aliphatic heterocycles. The lowest BCUT2D eigenvalue weighted by Gasteiger charge is -2.42. The fraction of sp³-hybridized carbons (Fsp3) is 1.00. The van der Waals surface area contributed by atoms with Crippen molar-refractivity contribution in [1.82, 2.24) is 19.6 Å². The average Bonchev–Trinajstić information content (AvgIpc) is 2.64. The van der Waals surface area contributed by atoms with Crippen molar-refractivity contribution < 1.29 is 0 Å². The summed E-state index contributed by atoms with van der Waals surface area (Å²) >= 11 is 0. The predicted molar refractivity (Wildman–Crippen MR) is 107 cm³/mol. The summed E-state index contributed by atoms with van der Waals surface area (Å²) in [5, 5.41) is 0. The maximum absolute atomic E-state index is 2.78. The monoisotopic (exact) mass is 350 g/mol. The van der Waals surface area contributed by atoms with Crippen LogP contribution < -0.4 is 0 Å². The predicted octanol–water partition coefficient (Wildman–Crippen LogP) is 2.60. The van der Waals surface area contributed by atoms with Crippen molar-refractivity contribution in [2.45, 2.75) is 57.4 Å². The molecule has 0 aromatic carbocycles. The Bertz CT molecular complexity index is 351. The Morgan fingerprint density at radius 1 is 0.640 bits per heavy atom. The zero-order valence-electron chi connectivity index (χ0n) is 17.0. The Kier molecular flexibility index (Phi) is 8.03. The summed E-state index contributed by atoms with van der Waals surface area (Å²) in [4.78, 5) is 10.5. The van der Waals surface area contributed by atoms with E-state index in [4.69, 9.17) is 0 Å². The Morgan fingerprint density at radius 2 is 1.24 bits per heavy atom. The van der Waals surface area contributed by atoms with Crippen molar-refractivity contribution in [1.29, 1.82) is 0 Å². The molecule has 0 bridgehead atoms. The Hall–Kier alpha value is -0.160. The second-order valence-corrected chi connectivity index (χ2v) is 9.01. The fourth-order valence-electron chi connectivity index (χ4n) is 5.01. The maximum atomic E-state index is 2.78. The quantitative estimate of drug-likeness (QED) is 0.654. The van der Waals surface area contributed by atoms with Crippen LogP contribution in [0.15, 0.2) is 0 Å². The molecular weight excluding hydrogens is 308 g/mol. The van der Waals surface area contributed by atoms with Crippen LogP contribution in [0.25, 0.3) is 0 Å². The first kappa shape index (κ1) is 19.6. The van der Waals surface area contributed by atoms with E-state index < -0.39 is 0 Å². The Morgan fingerprint density at radius 3 is 1.88 bits per heavy atom. The van der Waals surface area contributed by atoms with Crippen molar-refractivity contribution in [2.24, 2.45) is 5.92 Å². The van der Waals surface area contributed by atoms with Crippen LogP contribution in [0, 0.1) is 5.92 Å². The number of nitrogens with zero attached hydrogens (tertiary/aromatic N) is 4. The van der Waals surface area contributed by atoms with Crippen LogP contribution in [-0.4, -0.2) is 98.6 Å². The van der Waals surface area contributed by atoms with Crippen molar-refractivity contribution in [3.8, 4) is 0 Å². The number of hydrogen-bond donors (Lipinski definition) is 0. The molecule has 3 rings (SSSR count). The third-order valence-electron chi connectivity index (χ3n) is 7.04. The van der Waals surface area contributed by atoms with E-state index in [9.17, 15) is 0 Å². The van der Waals surface area contributed by atoms with Crippen LogP contribution >= 0.6 is 0 Å². The highest BCUT2D eigenvalue weighted by Gasteiger charge is 2.26. The second kappa shape index (κ2) is 10.2. The number of piperazine rings is 1. The molecule has 0 N–H and O–H groups in total. The summed E-state index contributed by atoms with van der Waals surface area (Å²) in [5.41, 5.74) is 0. The summed E-state index contributed by atoms with van der Waals surface area (Å²) in [7, 11) is 4.53. The van der Waals surface area contributed by atoms with E-state index in [1.807, 2.05) is 0 Å². The summed E-state index contributed by atoms with van der Waals surface area (Å²) in [6.45, 7) is 11.8. The van der Waals surface area contributed by atoms with Crippen molar-refractivity contribution in [2.75, 3.05) is 73.0 Å². The van der Waals surface area contributed by atoms with E-state index in [2.05, 4.69) is 33.7 Å². The standard InChI is InChI=1S/C21H42N4/c1-22-12-7-20(8-13-22)6-4-3-5-11-24-16-18-25(19-17-24)21-9-14-23(2)15-10-21/h20-21H,3-19H2,1-2H3. The molecule has 3 heterocycles. The van der Waals surface area contributed by atoms with Crippen LogP contribution in [-0.2, 0) is 0 Å². The fourth-order valence-corrected chi connectivity index (χ4v) is 5.01. The zero-order chi connectivity index (χ0) is 17.5. The molecule has 3 aliphatic rings. The molecule has 0 spiro atoms. The number of likely N-dealkylation sites (tertiary alicyclic amines) is 2. The molecule has 3 fully saturated rings. The molecule has 0 amide bonds. The van der Waals surface area contributed by atoms with E-state index in [1.54, 1.807) is 0 Å². The molecule has 0 atom stereocenters. The van der Waals surface area contributed by atoms with Gasteiger partial charge in [-0.3, -0.25) is 4.90 Å². The lowest BCUT2D eigenvalue weighted by molar-refractivity contribution is 0.0639. The Balaban J connectivity index is 1.20. The third kappa shape index (κ3) is 6.50. The summed E-state index contributed by atoms with van der Waals surface area (Å²) in [5.74, 6) is 1.02. The Labute approximate surface area is 156 Å². The number of piperidine rings is 2. The molecule has 146 valence electrons. The highest BCUT2D eigenvalue weighted by atomic mass is 15.3. The van der Waals surface area contributed by atoms with Gasteiger partial charge in [-0.05, 0) is 84.8 Å². The van der Waals surface area contributed by atoms with Crippen LogP contribution in [0.3, 0.4) is 0 Å². The summed E-state index contributed by atoms with van der Waals surface area (Å²) in [6, 6.07) is 0.868. The van der Waals surface area contributed by atoms with E-state index in [0.717, 1.165) is 12.0 Å². The molecule has 25 heavy (non-hydrogen) atoms. The largest absolute Gasteiger partial charge is 0.306 e. The van der Waals surface area contributed by atoms with Gasteiger partial charge in [-0.15, -0.1) is 0 Å². The molecule has 0 aliphatic carbocycles. The van der Waals surface area contributed by atoms with Crippen molar-refractivity contribution in [3.05, 3.63) is 0 Å². The molecule has 3 saturated heterocycles. The second-order valence-electron chi connectivity index (χ2n) is 9.01. The van der Waals surface area contributed by atoms with Gasteiger partial charge >= 0.3 is 0 Å². The molecular formula is C21H42N4. The van der Waals surface area contributed by atoms with Gasteiger partial charge in [0, 0.05) is 32.2 Å². The SMILES string of the molecule is CN1CCC(CCCCCN2CCN(C3CCN(C)CC3)CC2)CC1. The lowest BCUT2D eigenvalue weighted by atomic mass is 9.91. The zero-order valence-corrected chi connectivity index (χ0v) is 17.0. The van der Waals surface area contributed by atoms with Crippen LogP contribution in [0.4, 0.5) is 0 Å². The normalized spacial score (nSPS) is 27.1. The summed E-state index contributed by atoms with van der Waals surface area (Å²) < 4.78 is 0. The van der Waals surface area contributed by atoms with Gasteiger partial charge < -0.3 is 14.7 Å². The highest BCUT2D eigenvalue weighted by Crippen LogP contribution is 2.22. The number of unbranched alkanes of at least 4 members (excludes halogenated alkanes) is 2. The average molecular weight is 351 g/mol. The van der Waals surface area contributed by atoms with Gasteiger partial charge in [0.05, 0.1) is 0 Å². The third-order valence-corrected chi connectivity index (χ3v) is 7.04. The summed E-state index contributed by atoms with van der Waals surface area (Å²) in [6.07, 6.45) is 11.5. The van der Waals surface area contributed by atoms with Gasteiger partial charge in [0.2, 0.25) is 0 Å². The van der Waals surface area contributed by atoms with E-state index in [0.29, 0.717) is 0 Å². The van der Waals surface area contributed by atoms with Crippen molar-refractivity contribution in [3.63, 3.8) is 0 Å². The molecule has 0 unspecified atom stereocenters. The first-order valence-corrected chi connectivity index (χ1v) is 11.0. The topological polar surface area (TPSA) is 13.0 Å². The van der Waals surface area contributed by atoms with Crippen LogP contribution in [0.5, 0.6) is 0 Å². The molecule has 0 aromatic rings. The van der Waals surface area contributed by atoms with Gasteiger partial charge in [0.1, 0.15) is 0 Å². The van der Waals surface area contributed by atoms with Gasteiger partial charge in [0.25, 0.3) is 0 Å². The first-order chi connectivity index (χ1) is 12.2. The minimum Gasteiger partial charge on any atom is -0.306 e. The van der Waals surface area contributed by atoms with Gasteiger partial charge in [-0.2, -0.15) is 0 Å². The van der Waals surface area contributed by atoms with Crippen molar-refractivity contribution >= 4 is 0 Å². The minimum atomic E-state index is 0.868. The van der Waals surface area contributed by atoms with E-state index >= 15 is 0 Å². The molecule has 0 aromatic heterocycles. The molecule has 0 saturated carbocycles. The van der Waals surface area contributed by atoms with Gasteiger partial charge in [-0.25, -0.2) is 0 Å². The smallest absolute Gasteiger partial charge is 0.0121 e. The molecule has 4 heteroatoms. The first-order valence-electron chi connectivity index (χ1n) is 11.0. The van der Waals surface area contributed by atoms with Gasteiger partial charge in [0.15, 0.2) is 0 Å². The van der Waals surface area contributed by atoms with E-state index in [1.165, 1.54) is 110 Å². The lowest BCUT2D eigenvalue weighted by Crippen LogP contribution is -2.52. The number of hydrogen-bond acceptors (Lipinski definition) is 4. The van der Waals surface area contributed by atoms with E-state index in [-0.39, 0.29) is 0 Å². The minimum absolute atomic E-state index is 0.868. The maximum Gasteiger partial charge on any atom is 0.0121 e. The highest BCUT2D eigenvalue weighted by molar-refractivity contribution is 4.82. The molecule has 0 radical (unpaired) electrons. The van der Waals surface area contributed by atoms with Crippen LogP contribution in [0.1, 0.15) is 51.4 Å². The number of rotatable bonds is 7. The van der Waals surface area contributed by atoms with Crippen LogP contribution in [0.2, 0.25) is 0 Å².